The minimum atomic E-state index is -0.0600. The molecule has 2 aromatic carbocycles. The summed E-state index contributed by atoms with van der Waals surface area (Å²) in [6.45, 7) is 8.10. The summed E-state index contributed by atoms with van der Waals surface area (Å²) in [4.78, 5) is 28.5. The van der Waals surface area contributed by atoms with E-state index in [1.807, 2.05) is 56.3 Å². The first kappa shape index (κ1) is 21.7. The SMILES string of the molecule is CCc1ccccc1OCC(=O)N1CCN(C(=O)COc2ccc(C)cc2C)CC1. The van der Waals surface area contributed by atoms with Crippen LogP contribution in [0, 0.1) is 13.8 Å². The molecule has 0 radical (unpaired) electrons. The second-order valence-corrected chi connectivity index (χ2v) is 7.57. The molecule has 0 spiro atoms. The molecule has 1 saturated heterocycles. The van der Waals surface area contributed by atoms with Gasteiger partial charge in [-0.05, 0) is 43.5 Å². The van der Waals surface area contributed by atoms with Crippen molar-refractivity contribution >= 4 is 11.8 Å². The van der Waals surface area contributed by atoms with E-state index in [9.17, 15) is 9.59 Å². The molecule has 6 heteroatoms. The molecule has 0 bridgehead atoms. The van der Waals surface area contributed by atoms with Crippen molar-refractivity contribution in [3.05, 3.63) is 59.2 Å². The molecule has 1 aliphatic rings. The van der Waals surface area contributed by atoms with E-state index in [0.717, 1.165) is 34.6 Å². The summed E-state index contributed by atoms with van der Waals surface area (Å²) in [5.41, 5.74) is 3.27. The summed E-state index contributed by atoms with van der Waals surface area (Å²) < 4.78 is 11.4. The van der Waals surface area contributed by atoms with Crippen LogP contribution in [0.25, 0.3) is 0 Å². The first-order valence-electron chi connectivity index (χ1n) is 10.4. The summed E-state index contributed by atoms with van der Waals surface area (Å²) in [6, 6.07) is 13.7. The first-order valence-corrected chi connectivity index (χ1v) is 10.4. The van der Waals surface area contributed by atoms with Crippen LogP contribution in [-0.2, 0) is 16.0 Å². The number of nitrogens with zero attached hydrogens (tertiary/aromatic N) is 2. The lowest BCUT2D eigenvalue weighted by molar-refractivity contribution is -0.141. The van der Waals surface area contributed by atoms with Gasteiger partial charge in [0.05, 0.1) is 0 Å². The van der Waals surface area contributed by atoms with Gasteiger partial charge in [-0.3, -0.25) is 9.59 Å². The molecule has 6 nitrogen and oxygen atoms in total. The third-order valence-electron chi connectivity index (χ3n) is 5.37. The summed E-state index contributed by atoms with van der Waals surface area (Å²) in [5, 5.41) is 0. The first-order chi connectivity index (χ1) is 14.5. The van der Waals surface area contributed by atoms with Crippen molar-refractivity contribution in [3.63, 3.8) is 0 Å². The van der Waals surface area contributed by atoms with Gasteiger partial charge in [-0.1, -0.05) is 42.8 Å². The second-order valence-electron chi connectivity index (χ2n) is 7.57. The highest BCUT2D eigenvalue weighted by atomic mass is 16.5. The van der Waals surface area contributed by atoms with Crippen LogP contribution in [0.1, 0.15) is 23.6 Å². The molecule has 0 unspecified atom stereocenters. The molecular formula is C24H30N2O4. The van der Waals surface area contributed by atoms with Gasteiger partial charge in [0.15, 0.2) is 13.2 Å². The number of hydrogen-bond acceptors (Lipinski definition) is 4. The Labute approximate surface area is 178 Å². The highest BCUT2D eigenvalue weighted by Crippen LogP contribution is 2.19. The number of amides is 2. The fraction of sp³-hybridized carbons (Fsp3) is 0.417. The maximum atomic E-state index is 12.5. The maximum Gasteiger partial charge on any atom is 0.260 e. The third-order valence-corrected chi connectivity index (χ3v) is 5.37. The molecule has 2 amide bonds. The van der Waals surface area contributed by atoms with Crippen molar-refractivity contribution in [1.82, 2.24) is 9.80 Å². The monoisotopic (exact) mass is 410 g/mol. The molecule has 0 aliphatic carbocycles. The molecule has 2 aromatic rings. The highest BCUT2D eigenvalue weighted by molar-refractivity contribution is 5.80. The molecule has 0 atom stereocenters. The lowest BCUT2D eigenvalue weighted by atomic mass is 10.1. The predicted molar refractivity (Wildman–Crippen MR) is 116 cm³/mol. The van der Waals surface area contributed by atoms with Crippen molar-refractivity contribution < 1.29 is 19.1 Å². The molecule has 160 valence electrons. The number of benzene rings is 2. The van der Waals surface area contributed by atoms with Gasteiger partial charge in [-0.15, -0.1) is 0 Å². The summed E-state index contributed by atoms with van der Waals surface area (Å²) in [6.07, 6.45) is 0.856. The Hall–Kier alpha value is -3.02. The molecule has 0 saturated carbocycles. The summed E-state index contributed by atoms with van der Waals surface area (Å²) >= 11 is 0. The van der Waals surface area contributed by atoms with Crippen LogP contribution in [-0.4, -0.2) is 61.0 Å². The highest BCUT2D eigenvalue weighted by Gasteiger charge is 2.24. The number of piperazine rings is 1. The van der Waals surface area contributed by atoms with E-state index in [1.165, 1.54) is 0 Å². The Bertz CT molecular complexity index is 889. The minimum Gasteiger partial charge on any atom is -0.484 e. The van der Waals surface area contributed by atoms with Gasteiger partial charge in [0, 0.05) is 26.2 Å². The zero-order chi connectivity index (χ0) is 21.5. The molecule has 3 rings (SSSR count). The molecule has 30 heavy (non-hydrogen) atoms. The molecule has 1 fully saturated rings. The van der Waals surface area contributed by atoms with Gasteiger partial charge in [0.2, 0.25) is 0 Å². The number of hydrogen-bond donors (Lipinski definition) is 0. The lowest BCUT2D eigenvalue weighted by Crippen LogP contribution is -2.52. The predicted octanol–water partition coefficient (Wildman–Crippen LogP) is 2.99. The minimum absolute atomic E-state index is 0.00869. The van der Waals surface area contributed by atoms with Crippen molar-refractivity contribution in [2.45, 2.75) is 27.2 Å². The van der Waals surface area contributed by atoms with Crippen LogP contribution in [0.15, 0.2) is 42.5 Å². The summed E-state index contributed by atoms with van der Waals surface area (Å²) in [5.74, 6) is 1.37. The quantitative estimate of drug-likeness (QED) is 0.704. The van der Waals surface area contributed by atoms with E-state index >= 15 is 0 Å². The van der Waals surface area contributed by atoms with Gasteiger partial charge in [0.25, 0.3) is 11.8 Å². The number of para-hydroxylation sites is 1. The zero-order valence-corrected chi connectivity index (χ0v) is 18.0. The maximum absolute atomic E-state index is 12.5. The van der Waals surface area contributed by atoms with Crippen molar-refractivity contribution in [1.29, 1.82) is 0 Å². The van der Waals surface area contributed by atoms with Crippen molar-refractivity contribution in [2.24, 2.45) is 0 Å². The third kappa shape index (κ3) is 5.53. The van der Waals surface area contributed by atoms with E-state index in [0.29, 0.717) is 26.2 Å². The Morgan fingerprint density at radius 3 is 1.97 bits per heavy atom. The van der Waals surface area contributed by atoms with Gasteiger partial charge < -0.3 is 19.3 Å². The Morgan fingerprint density at radius 1 is 0.833 bits per heavy atom. The number of aryl methyl sites for hydroxylation is 3. The number of carbonyl (C=O) groups is 2. The second kappa shape index (κ2) is 10.1. The largest absolute Gasteiger partial charge is 0.484 e. The zero-order valence-electron chi connectivity index (χ0n) is 18.0. The Kier molecular flexibility index (Phi) is 7.33. The van der Waals surface area contributed by atoms with E-state index in [2.05, 4.69) is 6.92 Å². The van der Waals surface area contributed by atoms with Crippen molar-refractivity contribution in [2.75, 3.05) is 39.4 Å². The molecule has 1 heterocycles. The van der Waals surface area contributed by atoms with E-state index < -0.39 is 0 Å². The standard InChI is InChI=1S/C24H30N2O4/c1-4-20-7-5-6-8-22(20)30-17-24(28)26-13-11-25(12-14-26)23(27)16-29-21-10-9-18(2)15-19(21)3/h5-10,15H,4,11-14,16-17H2,1-3H3. The topological polar surface area (TPSA) is 59.1 Å². The van der Waals surface area contributed by atoms with Crippen LogP contribution in [0.4, 0.5) is 0 Å². The molecule has 0 aromatic heterocycles. The van der Waals surface area contributed by atoms with Crippen LogP contribution < -0.4 is 9.47 Å². The van der Waals surface area contributed by atoms with Gasteiger partial charge in [0.1, 0.15) is 11.5 Å². The van der Waals surface area contributed by atoms with Crippen LogP contribution in [0.3, 0.4) is 0 Å². The Balaban J connectivity index is 1.43. The lowest BCUT2D eigenvalue weighted by Gasteiger charge is -2.34. The molecular weight excluding hydrogens is 380 g/mol. The summed E-state index contributed by atoms with van der Waals surface area (Å²) in [7, 11) is 0. The number of carbonyl (C=O) groups excluding carboxylic acids is 2. The molecule has 1 aliphatic heterocycles. The smallest absolute Gasteiger partial charge is 0.260 e. The van der Waals surface area contributed by atoms with Gasteiger partial charge in [-0.2, -0.15) is 0 Å². The fourth-order valence-corrected chi connectivity index (χ4v) is 3.56. The van der Waals surface area contributed by atoms with Gasteiger partial charge >= 0.3 is 0 Å². The van der Waals surface area contributed by atoms with Crippen LogP contribution >= 0.6 is 0 Å². The number of rotatable bonds is 7. The average Bonchev–Trinajstić information content (AvgIpc) is 2.77. The van der Waals surface area contributed by atoms with Crippen LogP contribution in [0.5, 0.6) is 11.5 Å². The molecule has 0 N–H and O–H groups in total. The van der Waals surface area contributed by atoms with Crippen LogP contribution in [0.2, 0.25) is 0 Å². The fourth-order valence-electron chi connectivity index (χ4n) is 3.56. The van der Waals surface area contributed by atoms with E-state index in [4.69, 9.17) is 9.47 Å². The van der Waals surface area contributed by atoms with E-state index in [1.54, 1.807) is 9.80 Å². The van der Waals surface area contributed by atoms with Crippen molar-refractivity contribution in [3.8, 4) is 11.5 Å². The Morgan fingerprint density at radius 2 is 1.40 bits per heavy atom. The average molecular weight is 411 g/mol. The van der Waals surface area contributed by atoms with E-state index in [-0.39, 0.29) is 25.0 Å². The number of ether oxygens (including phenoxy) is 2. The van der Waals surface area contributed by atoms with Gasteiger partial charge in [-0.25, -0.2) is 0 Å². The normalized spacial score (nSPS) is 13.8.